The number of benzene rings is 1. The monoisotopic (exact) mass is 316 g/mol. The molecule has 3 N–H and O–H groups in total. The van der Waals surface area contributed by atoms with Crippen LogP contribution >= 0.6 is 0 Å². The number of urea groups is 1. The summed E-state index contributed by atoms with van der Waals surface area (Å²) in [6.07, 6.45) is -0.0434. The Hall–Kier alpha value is -1.89. The van der Waals surface area contributed by atoms with E-state index in [1.54, 1.807) is 0 Å². The van der Waals surface area contributed by atoms with E-state index in [0.717, 1.165) is 6.42 Å². The van der Waals surface area contributed by atoms with Crippen molar-refractivity contribution in [1.29, 1.82) is 0 Å². The highest BCUT2D eigenvalue weighted by atomic mass is 19.3. The second-order valence-electron chi connectivity index (χ2n) is 5.28. The maximum Gasteiger partial charge on any atom is 0.387 e. The van der Waals surface area contributed by atoms with Gasteiger partial charge in [0.15, 0.2) is 0 Å². The Morgan fingerprint density at radius 1 is 1.23 bits per heavy atom. The van der Waals surface area contributed by atoms with Crippen molar-refractivity contribution in [3.8, 4) is 5.75 Å². The minimum atomic E-state index is -2.88. The number of hydrogen-bond donors (Lipinski definition) is 3. The number of ether oxygens (including phenoxy) is 1. The number of carbonyl (C=O) groups is 1. The first kappa shape index (κ1) is 18.2. The Labute approximate surface area is 128 Å². The van der Waals surface area contributed by atoms with E-state index in [4.69, 9.17) is 0 Å². The van der Waals surface area contributed by atoms with E-state index >= 15 is 0 Å². The zero-order valence-electron chi connectivity index (χ0n) is 12.7. The lowest BCUT2D eigenvalue weighted by Gasteiger charge is -2.14. The number of halogens is 2. The summed E-state index contributed by atoms with van der Waals surface area (Å²) in [6, 6.07) is 5.28. The number of hydrogen-bond acceptors (Lipinski definition) is 3. The smallest absolute Gasteiger partial charge is 0.387 e. The van der Waals surface area contributed by atoms with Crippen LogP contribution in [0.1, 0.15) is 31.9 Å². The largest absolute Gasteiger partial charge is 0.435 e. The second-order valence-corrected chi connectivity index (χ2v) is 5.28. The quantitative estimate of drug-likeness (QED) is 0.690. The van der Waals surface area contributed by atoms with Crippen LogP contribution in [-0.2, 0) is 0 Å². The standard InChI is InChI=1S/C15H22F2N2O3/c1-10(2)7-8-18-15(21)19-9-13(20)11-3-5-12(6-4-11)22-14(16)17/h3-6,10,13-14,20H,7-9H2,1-2H3,(H2,18,19,21). The Bertz CT molecular complexity index is 453. The van der Waals surface area contributed by atoms with Gasteiger partial charge in [-0.15, -0.1) is 0 Å². The van der Waals surface area contributed by atoms with Crippen molar-refractivity contribution in [1.82, 2.24) is 10.6 Å². The van der Waals surface area contributed by atoms with Gasteiger partial charge in [0.2, 0.25) is 0 Å². The van der Waals surface area contributed by atoms with Gasteiger partial charge in [-0.25, -0.2) is 4.79 Å². The molecule has 0 aliphatic rings. The molecule has 0 spiro atoms. The van der Waals surface area contributed by atoms with Gasteiger partial charge in [0, 0.05) is 13.1 Å². The number of amides is 2. The van der Waals surface area contributed by atoms with Gasteiger partial charge in [-0.1, -0.05) is 26.0 Å². The molecule has 7 heteroatoms. The molecule has 1 aromatic rings. The van der Waals surface area contributed by atoms with Crippen molar-refractivity contribution in [3.05, 3.63) is 29.8 Å². The molecule has 1 atom stereocenters. The van der Waals surface area contributed by atoms with Crippen molar-refractivity contribution in [3.63, 3.8) is 0 Å². The van der Waals surface area contributed by atoms with Gasteiger partial charge >= 0.3 is 12.6 Å². The fourth-order valence-electron chi connectivity index (χ4n) is 1.72. The molecular weight excluding hydrogens is 294 g/mol. The molecule has 0 aromatic heterocycles. The first-order valence-corrected chi connectivity index (χ1v) is 7.13. The van der Waals surface area contributed by atoms with Crippen LogP contribution in [-0.4, -0.2) is 30.8 Å². The Kier molecular flexibility index (Phi) is 7.59. The predicted molar refractivity (Wildman–Crippen MR) is 78.9 cm³/mol. The second kappa shape index (κ2) is 9.19. The molecule has 0 saturated carbocycles. The van der Waals surface area contributed by atoms with Gasteiger partial charge in [-0.05, 0) is 30.0 Å². The van der Waals surface area contributed by atoms with E-state index in [2.05, 4.69) is 29.2 Å². The van der Waals surface area contributed by atoms with Gasteiger partial charge in [0.05, 0.1) is 6.10 Å². The molecule has 0 fully saturated rings. The molecule has 1 rings (SSSR count). The molecule has 2 amide bonds. The SMILES string of the molecule is CC(C)CCNC(=O)NCC(O)c1ccc(OC(F)F)cc1. The molecule has 124 valence electrons. The lowest BCUT2D eigenvalue weighted by atomic mass is 10.1. The highest BCUT2D eigenvalue weighted by Gasteiger charge is 2.10. The summed E-state index contributed by atoms with van der Waals surface area (Å²) in [5, 5.41) is 15.2. The molecule has 0 aliphatic carbocycles. The van der Waals surface area contributed by atoms with E-state index in [-0.39, 0.29) is 18.3 Å². The molecular formula is C15H22F2N2O3. The van der Waals surface area contributed by atoms with Crippen LogP contribution in [0.3, 0.4) is 0 Å². The number of aliphatic hydroxyl groups excluding tert-OH is 1. The zero-order chi connectivity index (χ0) is 16.5. The number of nitrogens with one attached hydrogen (secondary N) is 2. The molecule has 0 bridgehead atoms. The van der Waals surface area contributed by atoms with Crippen LogP contribution < -0.4 is 15.4 Å². The van der Waals surface area contributed by atoms with Gasteiger partial charge in [0.1, 0.15) is 5.75 Å². The molecule has 0 aliphatic heterocycles. The highest BCUT2D eigenvalue weighted by Crippen LogP contribution is 2.18. The van der Waals surface area contributed by atoms with Crippen LogP contribution in [0.2, 0.25) is 0 Å². The normalized spacial score (nSPS) is 12.3. The third-order valence-corrected chi connectivity index (χ3v) is 2.95. The Morgan fingerprint density at radius 2 is 1.86 bits per heavy atom. The summed E-state index contributed by atoms with van der Waals surface area (Å²) < 4.78 is 28.2. The average molecular weight is 316 g/mol. The van der Waals surface area contributed by atoms with Crippen LogP contribution in [0.25, 0.3) is 0 Å². The lowest BCUT2D eigenvalue weighted by Crippen LogP contribution is -2.38. The molecule has 5 nitrogen and oxygen atoms in total. The highest BCUT2D eigenvalue weighted by molar-refractivity contribution is 5.73. The van der Waals surface area contributed by atoms with Gasteiger partial charge < -0.3 is 20.5 Å². The number of aliphatic hydroxyl groups is 1. The van der Waals surface area contributed by atoms with Gasteiger partial charge in [-0.2, -0.15) is 8.78 Å². The lowest BCUT2D eigenvalue weighted by molar-refractivity contribution is -0.0498. The third-order valence-electron chi connectivity index (χ3n) is 2.95. The van der Waals surface area contributed by atoms with Gasteiger partial charge in [-0.3, -0.25) is 0 Å². The molecule has 1 unspecified atom stereocenters. The van der Waals surface area contributed by atoms with E-state index in [9.17, 15) is 18.7 Å². The molecule has 0 radical (unpaired) electrons. The molecule has 0 heterocycles. The molecule has 0 saturated heterocycles. The molecule has 1 aromatic carbocycles. The average Bonchev–Trinajstić information content (AvgIpc) is 2.44. The van der Waals surface area contributed by atoms with Crippen LogP contribution in [0.15, 0.2) is 24.3 Å². The number of alkyl halides is 2. The predicted octanol–water partition coefficient (Wildman–Crippen LogP) is 2.67. The minimum absolute atomic E-state index is 0.0188. The Balaban J connectivity index is 2.35. The van der Waals surface area contributed by atoms with Crippen molar-refractivity contribution in [2.75, 3.05) is 13.1 Å². The van der Waals surface area contributed by atoms with Crippen LogP contribution in [0.5, 0.6) is 5.75 Å². The number of rotatable bonds is 8. The fraction of sp³-hybridized carbons (Fsp3) is 0.533. The van der Waals surface area contributed by atoms with Crippen LogP contribution in [0, 0.1) is 5.92 Å². The topological polar surface area (TPSA) is 70.6 Å². The van der Waals surface area contributed by atoms with Crippen molar-refractivity contribution in [2.45, 2.75) is 33.0 Å². The van der Waals surface area contributed by atoms with E-state index < -0.39 is 12.7 Å². The van der Waals surface area contributed by atoms with Crippen molar-refractivity contribution in [2.24, 2.45) is 5.92 Å². The maximum atomic E-state index is 12.0. The first-order valence-electron chi connectivity index (χ1n) is 7.13. The Morgan fingerprint density at radius 3 is 2.41 bits per heavy atom. The summed E-state index contributed by atoms with van der Waals surface area (Å²) >= 11 is 0. The summed E-state index contributed by atoms with van der Waals surface area (Å²) in [5.41, 5.74) is 0.504. The summed E-state index contributed by atoms with van der Waals surface area (Å²) in [7, 11) is 0. The minimum Gasteiger partial charge on any atom is -0.435 e. The van der Waals surface area contributed by atoms with E-state index in [0.29, 0.717) is 18.0 Å². The summed E-state index contributed by atoms with van der Waals surface area (Å²) in [6.45, 7) is 1.84. The van der Waals surface area contributed by atoms with Crippen LogP contribution in [0.4, 0.5) is 13.6 Å². The maximum absolute atomic E-state index is 12.0. The van der Waals surface area contributed by atoms with E-state index in [1.165, 1.54) is 24.3 Å². The summed E-state index contributed by atoms with van der Waals surface area (Å²) in [4.78, 5) is 11.5. The third kappa shape index (κ3) is 7.21. The zero-order valence-corrected chi connectivity index (χ0v) is 12.7. The van der Waals surface area contributed by atoms with Crippen molar-refractivity contribution < 1.29 is 23.4 Å². The molecule has 22 heavy (non-hydrogen) atoms. The number of carbonyl (C=O) groups excluding carboxylic acids is 1. The summed E-state index contributed by atoms with van der Waals surface area (Å²) in [5.74, 6) is 0.519. The van der Waals surface area contributed by atoms with E-state index in [1.807, 2.05) is 0 Å². The first-order chi connectivity index (χ1) is 10.4. The fourth-order valence-corrected chi connectivity index (χ4v) is 1.72. The van der Waals surface area contributed by atoms with Gasteiger partial charge in [0.25, 0.3) is 0 Å². The van der Waals surface area contributed by atoms with Crippen molar-refractivity contribution >= 4 is 6.03 Å².